The molecule has 0 heterocycles. The monoisotopic (exact) mass is 133 g/mol. The second-order valence-electron chi connectivity index (χ2n) is 1.75. The molecule has 48 valence electrons. The first-order valence-corrected chi connectivity index (χ1v) is 3.91. The van der Waals surface area contributed by atoms with E-state index in [9.17, 15) is 0 Å². The van der Waals surface area contributed by atoms with Gasteiger partial charge in [-0.25, -0.2) is 0 Å². The highest BCUT2D eigenvalue weighted by Crippen LogP contribution is 2.02. The molecule has 8 heavy (non-hydrogen) atoms. The zero-order chi connectivity index (χ0) is 6.24. The van der Waals surface area contributed by atoms with Crippen LogP contribution in [0.15, 0.2) is 0 Å². The molecule has 0 radical (unpaired) electrons. The van der Waals surface area contributed by atoms with Gasteiger partial charge < -0.3 is 4.55 Å². The van der Waals surface area contributed by atoms with Gasteiger partial charge in [0.05, 0.1) is 13.3 Å². The normalized spacial score (nSPS) is 9.62. The quantitative estimate of drug-likeness (QED) is 0.353. The van der Waals surface area contributed by atoms with E-state index in [1.165, 1.54) is 12.8 Å². The molecule has 0 unspecified atom stereocenters. The summed E-state index contributed by atoms with van der Waals surface area (Å²) in [6, 6.07) is 0. The topological polar surface area (TPSA) is 20.2 Å². The van der Waals surface area contributed by atoms with Crippen molar-refractivity contribution in [1.29, 1.82) is 0 Å². The van der Waals surface area contributed by atoms with Crippen LogP contribution in [0.25, 0.3) is 0 Å². The Kier molecular flexibility index (Phi) is 7.34. The van der Waals surface area contributed by atoms with Crippen LogP contribution in [0, 0.1) is 6.92 Å². The van der Waals surface area contributed by atoms with Crippen molar-refractivity contribution in [1.82, 2.24) is 0 Å². The highest BCUT2D eigenvalue weighted by Gasteiger charge is 1.87. The summed E-state index contributed by atoms with van der Waals surface area (Å²) in [7, 11) is 0. The fourth-order valence-electron chi connectivity index (χ4n) is 0.520. The maximum atomic E-state index is 8.27. The molecular weight excluding hydrogens is 120 g/mol. The summed E-state index contributed by atoms with van der Waals surface area (Å²) in [5.74, 6) is 0.875. The van der Waals surface area contributed by atoms with Crippen LogP contribution in [0.5, 0.6) is 0 Å². The summed E-state index contributed by atoms with van der Waals surface area (Å²) in [6.07, 6.45) is 4.55. The minimum Gasteiger partial charge on any atom is -0.330 e. The van der Waals surface area contributed by atoms with E-state index in [0.29, 0.717) is 0 Å². The van der Waals surface area contributed by atoms with E-state index >= 15 is 0 Å². The zero-order valence-corrected chi connectivity index (χ0v) is 5.91. The Hall–Kier alpha value is 0.180. The predicted octanol–water partition coefficient (Wildman–Crippen LogP) is 2.59. The molecule has 0 fully saturated rings. The Morgan fingerprint density at radius 1 is 1.25 bits per heavy atom. The Labute approximate surface area is 55.7 Å². The smallest absolute Gasteiger partial charge is 0.0850 e. The zero-order valence-electron chi connectivity index (χ0n) is 5.10. The van der Waals surface area contributed by atoms with Crippen LogP contribution in [-0.2, 0) is 0 Å². The molecule has 0 bridgehead atoms. The van der Waals surface area contributed by atoms with E-state index in [4.69, 9.17) is 4.55 Å². The molecule has 1 nitrogen and oxygen atoms in total. The lowest BCUT2D eigenvalue weighted by molar-refractivity contribution is 0.653. The first-order valence-electron chi connectivity index (χ1n) is 2.97. The van der Waals surface area contributed by atoms with E-state index in [0.717, 1.165) is 30.6 Å². The third kappa shape index (κ3) is 6.18. The lowest BCUT2D eigenvalue weighted by Crippen LogP contribution is -1.78. The van der Waals surface area contributed by atoms with Crippen molar-refractivity contribution >= 4 is 12.0 Å². The second-order valence-corrected chi connectivity index (χ2v) is 2.41. The average Bonchev–Trinajstić information content (AvgIpc) is 1.81. The van der Waals surface area contributed by atoms with E-state index in [1.54, 1.807) is 0 Å². The number of hydrogen-bond acceptors (Lipinski definition) is 2. The minimum atomic E-state index is 0.875. The number of rotatable bonds is 5. The summed E-state index contributed by atoms with van der Waals surface area (Å²) < 4.78 is 8.27. The van der Waals surface area contributed by atoms with Gasteiger partial charge in [0.1, 0.15) is 0 Å². The van der Waals surface area contributed by atoms with Gasteiger partial charge in [-0.3, -0.25) is 0 Å². The van der Waals surface area contributed by atoms with Crippen molar-refractivity contribution in [3.63, 3.8) is 0 Å². The molecule has 0 saturated heterocycles. The Bertz CT molecular complexity index is 33.5. The first-order chi connectivity index (χ1) is 3.91. The van der Waals surface area contributed by atoms with Crippen LogP contribution in [0.1, 0.15) is 25.7 Å². The van der Waals surface area contributed by atoms with Crippen LogP contribution in [0.2, 0.25) is 0 Å². The molecule has 0 rings (SSSR count). The molecule has 0 amide bonds. The summed E-state index contributed by atoms with van der Waals surface area (Å²) in [5.41, 5.74) is 0. The van der Waals surface area contributed by atoms with Crippen LogP contribution in [-0.4, -0.2) is 10.3 Å². The second kappa shape index (κ2) is 7.18. The number of hydrogen-bond donors (Lipinski definition) is 1. The van der Waals surface area contributed by atoms with E-state index < -0.39 is 0 Å². The van der Waals surface area contributed by atoms with Crippen LogP contribution in [0.3, 0.4) is 0 Å². The summed E-state index contributed by atoms with van der Waals surface area (Å²) >= 11 is 0.932. The maximum absolute atomic E-state index is 8.27. The molecule has 0 aliphatic heterocycles. The largest absolute Gasteiger partial charge is 0.330 e. The van der Waals surface area contributed by atoms with Crippen molar-refractivity contribution in [2.24, 2.45) is 0 Å². The van der Waals surface area contributed by atoms with Crippen molar-refractivity contribution in [3.8, 4) is 0 Å². The molecular formula is C6H13OS+. The Morgan fingerprint density at radius 3 is 2.50 bits per heavy atom. The summed E-state index contributed by atoms with van der Waals surface area (Å²) in [4.78, 5) is 0. The summed E-state index contributed by atoms with van der Waals surface area (Å²) in [6.45, 7) is 3.71. The lowest BCUT2D eigenvalue weighted by Gasteiger charge is -1.90. The minimum absolute atomic E-state index is 0.875. The van der Waals surface area contributed by atoms with E-state index in [2.05, 4.69) is 6.92 Å². The van der Waals surface area contributed by atoms with Crippen molar-refractivity contribution in [2.45, 2.75) is 25.7 Å². The third-order valence-electron chi connectivity index (χ3n) is 0.986. The van der Waals surface area contributed by atoms with Crippen molar-refractivity contribution < 1.29 is 4.55 Å². The molecule has 0 aromatic rings. The molecule has 0 aliphatic carbocycles. The SMILES string of the molecule is [CH2+]CCCCCSO. The molecule has 1 N–H and O–H groups in total. The van der Waals surface area contributed by atoms with Crippen LogP contribution >= 0.6 is 12.0 Å². The molecule has 0 aliphatic rings. The predicted molar refractivity (Wildman–Crippen MR) is 38.9 cm³/mol. The fraction of sp³-hybridized carbons (Fsp3) is 0.833. The first kappa shape index (κ1) is 8.18. The Balaban J connectivity index is 2.53. The molecule has 0 aromatic carbocycles. The third-order valence-corrected chi connectivity index (χ3v) is 1.46. The molecule has 0 saturated carbocycles. The van der Waals surface area contributed by atoms with Gasteiger partial charge in [0.2, 0.25) is 0 Å². The van der Waals surface area contributed by atoms with Crippen molar-refractivity contribution in [3.05, 3.63) is 6.92 Å². The molecule has 0 spiro atoms. The highest BCUT2D eigenvalue weighted by molar-refractivity contribution is 7.93. The van der Waals surface area contributed by atoms with Gasteiger partial charge in [-0.1, -0.05) is 0 Å². The highest BCUT2D eigenvalue weighted by atomic mass is 32.2. The standard InChI is InChI=1S/C6H12OS/c1-2-3-4-5-6-8-7/h1-6H2/p+1. The average molecular weight is 133 g/mol. The van der Waals surface area contributed by atoms with Crippen LogP contribution < -0.4 is 0 Å². The van der Waals surface area contributed by atoms with E-state index in [1.807, 2.05) is 0 Å². The van der Waals surface area contributed by atoms with E-state index in [-0.39, 0.29) is 0 Å². The Morgan fingerprint density at radius 2 is 2.00 bits per heavy atom. The van der Waals surface area contributed by atoms with Crippen LogP contribution in [0.4, 0.5) is 0 Å². The van der Waals surface area contributed by atoms with Gasteiger partial charge in [0.15, 0.2) is 0 Å². The number of unbranched alkanes of at least 4 members (excludes halogenated alkanes) is 3. The van der Waals surface area contributed by atoms with Gasteiger partial charge in [-0.15, -0.1) is 0 Å². The maximum Gasteiger partial charge on any atom is 0.0850 e. The van der Waals surface area contributed by atoms with Crippen molar-refractivity contribution in [2.75, 3.05) is 5.75 Å². The summed E-state index contributed by atoms with van der Waals surface area (Å²) in [5, 5.41) is 0. The van der Waals surface area contributed by atoms with Gasteiger partial charge >= 0.3 is 0 Å². The lowest BCUT2D eigenvalue weighted by atomic mass is 10.2. The fourth-order valence-corrected chi connectivity index (χ4v) is 0.853. The van der Waals surface area contributed by atoms with Gasteiger partial charge in [-0.2, -0.15) is 0 Å². The molecule has 0 atom stereocenters. The van der Waals surface area contributed by atoms with Gasteiger partial charge in [-0.05, 0) is 31.3 Å². The molecule has 2 heteroatoms. The molecule has 0 aromatic heterocycles. The van der Waals surface area contributed by atoms with Gasteiger partial charge in [0.25, 0.3) is 0 Å². The van der Waals surface area contributed by atoms with Gasteiger partial charge in [0, 0.05) is 5.75 Å².